The van der Waals surface area contributed by atoms with Crippen molar-refractivity contribution in [3.8, 4) is 10.6 Å². The number of aryl methyl sites for hydroxylation is 1. The van der Waals surface area contributed by atoms with E-state index in [2.05, 4.69) is 15.1 Å². The summed E-state index contributed by atoms with van der Waals surface area (Å²) < 4.78 is 1.37. The van der Waals surface area contributed by atoms with Crippen molar-refractivity contribution in [3.63, 3.8) is 0 Å². The molecule has 3 aromatic rings. The lowest BCUT2D eigenvalue weighted by molar-refractivity contribution is 0.0687. The van der Waals surface area contributed by atoms with Crippen molar-refractivity contribution in [2.45, 2.75) is 6.92 Å². The van der Waals surface area contributed by atoms with Crippen LogP contribution in [0.1, 0.15) is 16.2 Å². The molecule has 6 nitrogen and oxygen atoms in total. The molecule has 3 heterocycles. The molecule has 3 aromatic heterocycles. The number of aromatic carboxylic acids is 1. The van der Waals surface area contributed by atoms with Crippen LogP contribution in [0.2, 0.25) is 0 Å². The molecular formula is C11H8N4O2S. The van der Waals surface area contributed by atoms with Gasteiger partial charge in [-0.2, -0.15) is 9.61 Å². The first kappa shape index (κ1) is 10.8. The SMILES string of the molecule is Cc1nc2sc(-c3ccncc3)nn2c1C(=O)O. The summed E-state index contributed by atoms with van der Waals surface area (Å²) in [5.41, 5.74) is 1.48. The van der Waals surface area contributed by atoms with Crippen LogP contribution in [0.4, 0.5) is 0 Å². The Morgan fingerprint density at radius 3 is 2.78 bits per heavy atom. The molecule has 0 fully saturated rings. The van der Waals surface area contributed by atoms with Crippen molar-refractivity contribution >= 4 is 22.3 Å². The maximum Gasteiger partial charge on any atom is 0.356 e. The van der Waals surface area contributed by atoms with E-state index in [0.717, 1.165) is 10.6 Å². The highest BCUT2D eigenvalue weighted by Crippen LogP contribution is 2.26. The summed E-state index contributed by atoms with van der Waals surface area (Å²) in [6.45, 7) is 1.66. The molecule has 0 unspecified atom stereocenters. The van der Waals surface area contributed by atoms with Crippen molar-refractivity contribution in [1.29, 1.82) is 0 Å². The minimum atomic E-state index is -1.02. The lowest BCUT2D eigenvalue weighted by Crippen LogP contribution is -2.04. The Kier molecular flexibility index (Phi) is 2.34. The van der Waals surface area contributed by atoms with Crippen LogP contribution in [0.25, 0.3) is 15.5 Å². The van der Waals surface area contributed by atoms with Crippen LogP contribution < -0.4 is 0 Å². The summed E-state index contributed by atoms with van der Waals surface area (Å²) >= 11 is 1.35. The Morgan fingerprint density at radius 1 is 1.39 bits per heavy atom. The van der Waals surface area contributed by atoms with E-state index in [1.807, 2.05) is 12.1 Å². The fourth-order valence-electron chi connectivity index (χ4n) is 1.71. The van der Waals surface area contributed by atoms with E-state index >= 15 is 0 Å². The largest absolute Gasteiger partial charge is 0.476 e. The highest BCUT2D eigenvalue weighted by molar-refractivity contribution is 7.19. The van der Waals surface area contributed by atoms with Gasteiger partial charge in [0.25, 0.3) is 0 Å². The van der Waals surface area contributed by atoms with Crippen LogP contribution in [-0.4, -0.2) is 30.7 Å². The fourth-order valence-corrected chi connectivity index (χ4v) is 2.66. The van der Waals surface area contributed by atoms with E-state index in [-0.39, 0.29) is 5.69 Å². The van der Waals surface area contributed by atoms with E-state index in [9.17, 15) is 4.79 Å². The van der Waals surface area contributed by atoms with Gasteiger partial charge in [-0.25, -0.2) is 9.78 Å². The third-order valence-electron chi connectivity index (χ3n) is 2.51. The number of carbonyl (C=O) groups is 1. The second kappa shape index (κ2) is 3.88. The third-order valence-corrected chi connectivity index (χ3v) is 3.47. The van der Waals surface area contributed by atoms with Gasteiger partial charge in [-0.15, -0.1) is 0 Å². The van der Waals surface area contributed by atoms with E-state index in [4.69, 9.17) is 5.11 Å². The lowest BCUT2D eigenvalue weighted by atomic mass is 10.3. The number of imidazole rings is 1. The molecule has 7 heteroatoms. The Balaban J connectivity index is 2.21. The van der Waals surface area contributed by atoms with Crippen LogP contribution >= 0.6 is 11.3 Å². The minimum absolute atomic E-state index is 0.113. The van der Waals surface area contributed by atoms with Gasteiger partial charge < -0.3 is 5.11 Å². The zero-order valence-corrected chi connectivity index (χ0v) is 10.2. The maximum atomic E-state index is 11.1. The molecule has 0 amide bonds. The van der Waals surface area contributed by atoms with Gasteiger partial charge in [0.1, 0.15) is 5.01 Å². The molecule has 0 saturated carbocycles. The Bertz CT molecular complexity index is 732. The van der Waals surface area contributed by atoms with Gasteiger partial charge in [0, 0.05) is 18.0 Å². The van der Waals surface area contributed by atoms with Gasteiger partial charge in [0.15, 0.2) is 5.69 Å². The first-order valence-electron chi connectivity index (χ1n) is 5.16. The maximum absolute atomic E-state index is 11.1. The second-order valence-corrected chi connectivity index (χ2v) is 4.64. The molecule has 0 atom stereocenters. The van der Waals surface area contributed by atoms with Crippen LogP contribution in [0, 0.1) is 6.92 Å². The number of hydrogen-bond donors (Lipinski definition) is 1. The van der Waals surface area contributed by atoms with Crippen molar-refractivity contribution < 1.29 is 9.90 Å². The Morgan fingerprint density at radius 2 is 2.11 bits per heavy atom. The standard InChI is InChI=1S/C11H8N4O2S/c1-6-8(10(16)17)15-11(13-6)18-9(14-15)7-2-4-12-5-3-7/h2-5H,1H3,(H,16,17). The van der Waals surface area contributed by atoms with Gasteiger partial charge in [0.2, 0.25) is 4.96 Å². The summed E-state index contributed by atoms with van der Waals surface area (Å²) in [6, 6.07) is 3.65. The molecule has 0 radical (unpaired) electrons. The Hall–Kier alpha value is -2.28. The molecule has 0 aliphatic rings. The van der Waals surface area contributed by atoms with Crippen molar-refractivity contribution in [2.24, 2.45) is 0 Å². The van der Waals surface area contributed by atoms with E-state index < -0.39 is 5.97 Å². The fraction of sp³-hybridized carbons (Fsp3) is 0.0909. The van der Waals surface area contributed by atoms with Crippen molar-refractivity contribution in [2.75, 3.05) is 0 Å². The first-order valence-corrected chi connectivity index (χ1v) is 5.98. The molecule has 0 aliphatic carbocycles. The number of pyridine rings is 1. The molecule has 0 spiro atoms. The molecule has 0 saturated heterocycles. The predicted octanol–water partition coefficient (Wildman–Crippen LogP) is 1.86. The topological polar surface area (TPSA) is 80.4 Å². The third kappa shape index (κ3) is 1.56. The normalized spacial score (nSPS) is 10.9. The molecule has 3 rings (SSSR count). The summed E-state index contributed by atoms with van der Waals surface area (Å²) in [6.07, 6.45) is 3.34. The van der Waals surface area contributed by atoms with E-state index in [0.29, 0.717) is 10.7 Å². The summed E-state index contributed by atoms with van der Waals surface area (Å²) in [4.78, 5) is 19.9. The predicted molar refractivity (Wildman–Crippen MR) is 65.8 cm³/mol. The van der Waals surface area contributed by atoms with Gasteiger partial charge in [-0.3, -0.25) is 4.98 Å². The smallest absolute Gasteiger partial charge is 0.356 e. The Labute approximate surface area is 106 Å². The molecule has 1 N–H and O–H groups in total. The number of fused-ring (bicyclic) bond motifs is 1. The number of nitrogens with zero attached hydrogens (tertiary/aromatic N) is 4. The highest BCUT2D eigenvalue weighted by Gasteiger charge is 2.19. The van der Waals surface area contributed by atoms with Gasteiger partial charge >= 0.3 is 5.97 Å². The minimum Gasteiger partial charge on any atom is -0.476 e. The van der Waals surface area contributed by atoms with Crippen molar-refractivity contribution in [1.82, 2.24) is 19.6 Å². The zero-order valence-electron chi connectivity index (χ0n) is 9.36. The number of carboxylic acid groups (broad SMARTS) is 1. The zero-order chi connectivity index (χ0) is 12.7. The molecule has 0 aliphatic heterocycles. The first-order chi connectivity index (χ1) is 8.66. The number of carboxylic acids is 1. The monoisotopic (exact) mass is 260 g/mol. The van der Waals surface area contributed by atoms with E-state index in [1.165, 1.54) is 15.9 Å². The van der Waals surface area contributed by atoms with Crippen LogP contribution in [0.5, 0.6) is 0 Å². The average molecular weight is 260 g/mol. The average Bonchev–Trinajstić information content (AvgIpc) is 2.85. The van der Waals surface area contributed by atoms with Gasteiger partial charge in [-0.05, 0) is 19.1 Å². The van der Waals surface area contributed by atoms with E-state index in [1.54, 1.807) is 19.3 Å². The van der Waals surface area contributed by atoms with Crippen molar-refractivity contribution in [3.05, 3.63) is 35.9 Å². The number of aromatic nitrogens is 4. The number of hydrogen-bond acceptors (Lipinski definition) is 5. The summed E-state index contributed by atoms with van der Waals surface area (Å²) in [5.74, 6) is -1.02. The lowest BCUT2D eigenvalue weighted by Gasteiger charge is -1.94. The quantitative estimate of drug-likeness (QED) is 0.760. The summed E-state index contributed by atoms with van der Waals surface area (Å²) in [5, 5.41) is 14.1. The van der Waals surface area contributed by atoms with Crippen LogP contribution in [0.15, 0.2) is 24.5 Å². The molecular weight excluding hydrogens is 252 g/mol. The van der Waals surface area contributed by atoms with Gasteiger partial charge in [-0.1, -0.05) is 11.3 Å². The van der Waals surface area contributed by atoms with Gasteiger partial charge in [0.05, 0.1) is 5.69 Å². The molecule has 18 heavy (non-hydrogen) atoms. The highest BCUT2D eigenvalue weighted by atomic mass is 32.1. The molecule has 0 aromatic carbocycles. The van der Waals surface area contributed by atoms with Crippen LogP contribution in [0.3, 0.4) is 0 Å². The van der Waals surface area contributed by atoms with Crippen LogP contribution in [-0.2, 0) is 0 Å². The molecule has 90 valence electrons. The second-order valence-electron chi connectivity index (χ2n) is 3.69. The summed E-state index contributed by atoms with van der Waals surface area (Å²) in [7, 11) is 0. The number of rotatable bonds is 2. The molecule has 0 bridgehead atoms.